The number of piperazine rings is 1. The van der Waals surface area contributed by atoms with Crippen LogP contribution in [0.1, 0.15) is 35.0 Å². The summed E-state index contributed by atoms with van der Waals surface area (Å²) in [4.78, 5) is 37.0. The largest absolute Gasteiger partial charge is 0.493 e. The predicted molar refractivity (Wildman–Crippen MR) is 126 cm³/mol. The number of hydrogen-bond donors (Lipinski definition) is 2. The number of benzene rings is 1. The zero-order valence-electron chi connectivity index (χ0n) is 19.7. The number of nitrogens with zero attached hydrogens (tertiary/aromatic N) is 3. The second kappa shape index (κ2) is 11.9. The SMILES string of the molecule is CCCOc1ccc(C(=O)N2CCN(CCOCCO)CC2)cc1-c1nc(C)c(C)c(=O)[nH]1. The van der Waals surface area contributed by atoms with E-state index in [1.807, 2.05) is 11.8 Å². The summed E-state index contributed by atoms with van der Waals surface area (Å²) in [6.07, 6.45) is 0.840. The van der Waals surface area contributed by atoms with E-state index in [-0.39, 0.29) is 18.1 Å². The highest BCUT2D eigenvalue weighted by atomic mass is 16.5. The van der Waals surface area contributed by atoms with Crippen LogP contribution in [0.4, 0.5) is 0 Å². The molecule has 0 bridgehead atoms. The highest BCUT2D eigenvalue weighted by Gasteiger charge is 2.23. The molecule has 3 rings (SSSR count). The number of aromatic amines is 1. The Morgan fingerprint density at radius 1 is 1.15 bits per heavy atom. The van der Waals surface area contributed by atoms with Gasteiger partial charge in [0.25, 0.3) is 11.5 Å². The molecule has 1 aliphatic heterocycles. The lowest BCUT2D eigenvalue weighted by Gasteiger charge is -2.34. The first-order chi connectivity index (χ1) is 15.9. The van der Waals surface area contributed by atoms with Gasteiger partial charge in [-0.3, -0.25) is 14.5 Å². The maximum Gasteiger partial charge on any atom is 0.254 e. The maximum atomic E-state index is 13.2. The number of ether oxygens (including phenoxy) is 2. The molecule has 1 saturated heterocycles. The van der Waals surface area contributed by atoms with Crippen molar-refractivity contribution in [3.05, 3.63) is 45.4 Å². The Bertz CT molecular complexity index is 999. The molecule has 0 aliphatic carbocycles. The van der Waals surface area contributed by atoms with Gasteiger partial charge in [0.05, 0.1) is 32.0 Å². The van der Waals surface area contributed by atoms with Gasteiger partial charge in [0, 0.05) is 49.5 Å². The van der Waals surface area contributed by atoms with E-state index in [0.29, 0.717) is 66.9 Å². The lowest BCUT2D eigenvalue weighted by atomic mass is 10.1. The van der Waals surface area contributed by atoms with E-state index >= 15 is 0 Å². The Kier molecular flexibility index (Phi) is 8.99. The van der Waals surface area contributed by atoms with Crippen molar-refractivity contribution in [3.8, 4) is 17.1 Å². The third kappa shape index (κ3) is 6.40. The second-order valence-electron chi connectivity index (χ2n) is 8.15. The van der Waals surface area contributed by atoms with Crippen molar-refractivity contribution in [3.63, 3.8) is 0 Å². The Labute approximate surface area is 194 Å². The van der Waals surface area contributed by atoms with E-state index in [0.717, 1.165) is 26.1 Å². The molecule has 9 nitrogen and oxygen atoms in total. The molecule has 1 aromatic heterocycles. The Hall–Kier alpha value is -2.75. The van der Waals surface area contributed by atoms with Crippen LogP contribution < -0.4 is 10.3 Å². The minimum Gasteiger partial charge on any atom is -0.493 e. The standard InChI is InChI=1S/C24H34N4O5/c1-4-13-33-21-6-5-19(16-20(21)22-25-18(3)17(2)23(30)26-22)24(31)28-9-7-27(8-10-28)11-14-32-15-12-29/h5-6,16,29H,4,7-15H2,1-3H3,(H,25,26,30). The number of carbonyl (C=O) groups excluding carboxylic acids is 1. The van der Waals surface area contributed by atoms with Crippen LogP contribution in [0.25, 0.3) is 11.4 Å². The first kappa shape index (κ1) is 24.9. The number of aryl methyl sites for hydroxylation is 1. The van der Waals surface area contributed by atoms with Gasteiger partial charge in [-0.15, -0.1) is 0 Å². The van der Waals surface area contributed by atoms with Crippen LogP contribution in [0.5, 0.6) is 5.75 Å². The maximum absolute atomic E-state index is 13.2. The number of hydrogen-bond acceptors (Lipinski definition) is 7. The first-order valence-electron chi connectivity index (χ1n) is 11.5. The summed E-state index contributed by atoms with van der Waals surface area (Å²) in [6.45, 7) is 10.6. The van der Waals surface area contributed by atoms with Crippen molar-refractivity contribution in [2.45, 2.75) is 27.2 Å². The predicted octanol–water partition coefficient (Wildman–Crippen LogP) is 1.61. The number of aliphatic hydroxyl groups excluding tert-OH is 1. The fourth-order valence-corrected chi connectivity index (χ4v) is 3.68. The highest BCUT2D eigenvalue weighted by molar-refractivity contribution is 5.96. The number of H-pyrrole nitrogens is 1. The number of carbonyl (C=O) groups is 1. The first-order valence-corrected chi connectivity index (χ1v) is 11.5. The molecular weight excluding hydrogens is 424 g/mol. The van der Waals surface area contributed by atoms with Crippen LogP contribution in [0.15, 0.2) is 23.0 Å². The van der Waals surface area contributed by atoms with Crippen molar-refractivity contribution in [1.29, 1.82) is 0 Å². The summed E-state index contributed by atoms with van der Waals surface area (Å²) in [7, 11) is 0. The number of rotatable bonds is 10. The number of nitrogens with one attached hydrogen (secondary N) is 1. The van der Waals surface area contributed by atoms with Crippen LogP contribution >= 0.6 is 0 Å². The number of amides is 1. The van der Waals surface area contributed by atoms with Gasteiger partial charge in [0.15, 0.2) is 0 Å². The highest BCUT2D eigenvalue weighted by Crippen LogP contribution is 2.29. The zero-order valence-corrected chi connectivity index (χ0v) is 19.7. The van der Waals surface area contributed by atoms with E-state index in [2.05, 4.69) is 14.9 Å². The molecule has 1 aliphatic rings. The molecule has 2 heterocycles. The quantitative estimate of drug-likeness (QED) is 0.521. The van der Waals surface area contributed by atoms with Crippen LogP contribution in [0, 0.1) is 13.8 Å². The minimum absolute atomic E-state index is 0.0259. The van der Waals surface area contributed by atoms with Crippen LogP contribution in [0.3, 0.4) is 0 Å². The summed E-state index contributed by atoms with van der Waals surface area (Å²) >= 11 is 0. The fraction of sp³-hybridized carbons (Fsp3) is 0.542. The van der Waals surface area contributed by atoms with Gasteiger partial charge in [-0.2, -0.15) is 0 Å². The molecule has 2 aromatic rings. The Morgan fingerprint density at radius 3 is 2.58 bits per heavy atom. The van der Waals surface area contributed by atoms with E-state index in [1.54, 1.807) is 32.0 Å². The van der Waals surface area contributed by atoms with Crippen LogP contribution in [-0.2, 0) is 4.74 Å². The summed E-state index contributed by atoms with van der Waals surface area (Å²) in [6, 6.07) is 5.31. The number of aliphatic hydroxyl groups is 1. The summed E-state index contributed by atoms with van der Waals surface area (Å²) < 4.78 is 11.2. The smallest absolute Gasteiger partial charge is 0.254 e. The molecule has 0 unspecified atom stereocenters. The molecule has 1 amide bonds. The average molecular weight is 459 g/mol. The lowest BCUT2D eigenvalue weighted by molar-refractivity contribution is 0.0486. The molecule has 1 fully saturated rings. The van der Waals surface area contributed by atoms with E-state index in [4.69, 9.17) is 14.6 Å². The molecule has 9 heteroatoms. The van der Waals surface area contributed by atoms with Crippen molar-refractivity contribution < 1.29 is 19.4 Å². The molecule has 0 atom stereocenters. The number of aromatic nitrogens is 2. The lowest BCUT2D eigenvalue weighted by Crippen LogP contribution is -2.49. The van der Waals surface area contributed by atoms with Crippen molar-refractivity contribution >= 4 is 5.91 Å². The molecule has 2 N–H and O–H groups in total. The summed E-state index contributed by atoms with van der Waals surface area (Å²) in [5.74, 6) is 0.935. The molecular formula is C24H34N4O5. The molecule has 33 heavy (non-hydrogen) atoms. The second-order valence-corrected chi connectivity index (χ2v) is 8.15. The van der Waals surface area contributed by atoms with Gasteiger partial charge in [-0.05, 0) is 38.5 Å². The monoisotopic (exact) mass is 458 g/mol. The summed E-state index contributed by atoms with van der Waals surface area (Å²) in [5.41, 5.74) is 2.16. The van der Waals surface area contributed by atoms with Gasteiger partial charge in [0.2, 0.25) is 0 Å². The third-order valence-corrected chi connectivity index (χ3v) is 5.79. The van der Waals surface area contributed by atoms with Crippen molar-refractivity contribution in [1.82, 2.24) is 19.8 Å². The summed E-state index contributed by atoms with van der Waals surface area (Å²) in [5, 5.41) is 8.79. The molecule has 180 valence electrons. The van der Waals surface area contributed by atoms with Gasteiger partial charge in [0.1, 0.15) is 11.6 Å². The van der Waals surface area contributed by atoms with E-state index in [1.165, 1.54) is 0 Å². The van der Waals surface area contributed by atoms with E-state index < -0.39 is 0 Å². The molecule has 0 spiro atoms. The molecule has 0 radical (unpaired) electrons. The topological polar surface area (TPSA) is 108 Å². The molecule has 0 saturated carbocycles. The van der Waals surface area contributed by atoms with Gasteiger partial charge in [-0.1, -0.05) is 6.92 Å². The van der Waals surface area contributed by atoms with Crippen LogP contribution in [0.2, 0.25) is 0 Å². The fourth-order valence-electron chi connectivity index (χ4n) is 3.68. The average Bonchev–Trinajstić information content (AvgIpc) is 2.83. The van der Waals surface area contributed by atoms with E-state index in [9.17, 15) is 9.59 Å². The zero-order chi connectivity index (χ0) is 23.8. The van der Waals surface area contributed by atoms with Crippen LogP contribution in [-0.4, -0.2) is 89.9 Å². The van der Waals surface area contributed by atoms with Crippen molar-refractivity contribution in [2.24, 2.45) is 0 Å². The van der Waals surface area contributed by atoms with Gasteiger partial charge >= 0.3 is 0 Å². The molecule has 1 aromatic carbocycles. The normalized spacial score (nSPS) is 14.5. The Balaban J connectivity index is 1.76. The minimum atomic E-state index is -0.199. The third-order valence-electron chi connectivity index (χ3n) is 5.79. The Morgan fingerprint density at radius 2 is 1.91 bits per heavy atom. The van der Waals surface area contributed by atoms with Gasteiger partial charge in [-0.25, -0.2) is 4.98 Å². The van der Waals surface area contributed by atoms with Crippen molar-refractivity contribution in [2.75, 3.05) is 59.2 Å². The van der Waals surface area contributed by atoms with Gasteiger partial charge < -0.3 is 24.5 Å².